The Balaban J connectivity index is 0.00000220. The average molecular weight is 313 g/mol. The Morgan fingerprint density at radius 2 is 2.19 bits per heavy atom. The van der Waals surface area contributed by atoms with Crippen LogP contribution in [0.15, 0.2) is 24.4 Å². The smallest absolute Gasteiger partial charge is 0.243 e. The normalized spacial score (nSPS) is 12.2. The van der Waals surface area contributed by atoms with Crippen molar-refractivity contribution in [1.29, 1.82) is 0 Å². The van der Waals surface area contributed by atoms with Gasteiger partial charge in [0.05, 0.1) is 18.3 Å². The van der Waals surface area contributed by atoms with Gasteiger partial charge in [0.2, 0.25) is 5.91 Å². The SMILES string of the molecule is COCC(N)C(=O)Nc1ccc2cnn(C(C)C)c2c1.Cl. The summed E-state index contributed by atoms with van der Waals surface area (Å²) in [6.07, 6.45) is 1.82. The lowest BCUT2D eigenvalue weighted by Gasteiger charge is -2.12. The number of hydrogen-bond acceptors (Lipinski definition) is 4. The maximum atomic E-state index is 11.9. The number of nitrogens with two attached hydrogens (primary N) is 1. The van der Waals surface area contributed by atoms with Crippen LogP contribution in [0.2, 0.25) is 0 Å². The molecule has 0 spiro atoms. The van der Waals surface area contributed by atoms with Gasteiger partial charge in [-0.25, -0.2) is 0 Å². The highest BCUT2D eigenvalue weighted by atomic mass is 35.5. The molecule has 1 heterocycles. The number of fused-ring (bicyclic) bond motifs is 1. The predicted molar refractivity (Wildman–Crippen MR) is 85.8 cm³/mol. The van der Waals surface area contributed by atoms with Crippen molar-refractivity contribution in [2.75, 3.05) is 19.0 Å². The Bertz CT molecular complexity index is 612. The summed E-state index contributed by atoms with van der Waals surface area (Å²) in [6, 6.07) is 5.25. The number of aromatic nitrogens is 2. The molecule has 0 aliphatic carbocycles. The zero-order valence-corrected chi connectivity index (χ0v) is 13.2. The van der Waals surface area contributed by atoms with Gasteiger partial charge in [0.15, 0.2) is 0 Å². The molecular formula is C14H21ClN4O2. The Hall–Kier alpha value is -1.63. The summed E-state index contributed by atoms with van der Waals surface area (Å²) in [7, 11) is 1.51. The van der Waals surface area contributed by atoms with E-state index in [4.69, 9.17) is 10.5 Å². The Morgan fingerprint density at radius 1 is 1.48 bits per heavy atom. The fourth-order valence-corrected chi connectivity index (χ4v) is 2.02. The second-order valence-corrected chi connectivity index (χ2v) is 5.01. The van der Waals surface area contributed by atoms with Crippen molar-refractivity contribution in [3.8, 4) is 0 Å². The number of anilines is 1. The van der Waals surface area contributed by atoms with Crippen molar-refractivity contribution in [3.63, 3.8) is 0 Å². The monoisotopic (exact) mass is 312 g/mol. The van der Waals surface area contributed by atoms with Crippen LogP contribution in [-0.4, -0.2) is 35.4 Å². The molecule has 1 atom stereocenters. The van der Waals surface area contributed by atoms with Gasteiger partial charge in [-0.05, 0) is 32.0 Å². The van der Waals surface area contributed by atoms with Gasteiger partial charge in [-0.2, -0.15) is 5.10 Å². The molecule has 6 nitrogen and oxygen atoms in total. The molecule has 0 saturated heterocycles. The lowest BCUT2D eigenvalue weighted by molar-refractivity contribution is -0.118. The van der Waals surface area contributed by atoms with Gasteiger partial charge in [0.1, 0.15) is 6.04 Å². The van der Waals surface area contributed by atoms with Gasteiger partial charge >= 0.3 is 0 Å². The van der Waals surface area contributed by atoms with Crippen LogP contribution in [0.25, 0.3) is 10.9 Å². The third-order valence-electron chi connectivity index (χ3n) is 3.04. The minimum Gasteiger partial charge on any atom is -0.383 e. The molecule has 0 aliphatic heterocycles. The van der Waals surface area contributed by atoms with Gasteiger partial charge in [0, 0.05) is 24.2 Å². The van der Waals surface area contributed by atoms with E-state index >= 15 is 0 Å². The van der Waals surface area contributed by atoms with E-state index in [2.05, 4.69) is 24.3 Å². The minimum atomic E-state index is -0.675. The van der Waals surface area contributed by atoms with E-state index in [-0.39, 0.29) is 31.0 Å². The van der Waals surface area contributed by atoms with E-state index in [0.717, 1.165) is 10.9 Å². The molecule has 1 aromatic carbocycles. The number of amides is 1. The van der Waals surface area contributed by atoms with Gasteiger partial charge in [-0.15, -0.1) is 12.4 Å². The number of carbonyl (C=O) groups excluding carboxylic acids is 1. The first kappa shape index (κ1) is 17.4. The molecule has 2 aromatic rings. The molecule has 2 rings (SSSR count). The Kier molecular flexibility index (Phi) is 6.14. The van der Waals surface area contributed by atoms with E-state index in [1.54, 1.807) is 0 Å². The molecule has 3 N–H and O–H groups in total. The second-order valence-electron chi connectivity index (χ2n) is 5.01. The van der Waals surface area contributed by atoms with Crippen molar-refractivity contribution in [2.45, 2.75) is 25.9 Å². The standard InChI is InChI=1S/C14H20N4O2.ClH/c1-9(2)18-13-6-11(5-4-10(13)7-16-18)17-14(19)12(15)8-20-3;/h4-7,9,12H,8,15H2,1-3H3,(H,17,19);1H. The van der Waals surface area contributed by atoms with Crippen molar-refractivity contribution in [2.24, 2.45) is 5.73 Å². The van der Waals surface area contributed by atoms with Crippen LogP contribution in [0.1, 0.15) is 19.9 Å². The van der Waals surface area contributed by atoms with Gasteiger partial charge < -0.3 is 15.8 Å². The van der Waals surface area contributed by atoms with Crippen molar-refractivity contribution in [1.82, 2.24) is 9.78 Å². The maximum absolute atomic E-state index is 11.9. The van der Waals surface area contributed by atoms with Crippen LogP contribution in [0, 0.1) is 0 Å². The number of carbonyl (C=O) groups is 1. The number of benzene rings is 1. The van der Waals surface area contributed by atoms with Crippen LogP contribution >= 0.6 is 12.4 Å². The summed E-state index contributed by atoms with van der Waals surface area (Å²) in [5.41, 5.74) is 7.38. The van der Waals surface area contributed by atoms with Crippen molar-refractivity contribution < 1.29 is 9.53 Å². The van der Waals surface area contributed by atoms with E-state index < -0.39 is 6.04 Å². The molecule has 116 valence electrons. The summed E-state index contributed by atoms with van der Waals surface area (Å²) in [6.45, 7) is 4.32. The molecule has 1 aromatic heterocycles. The first-order valence-corrected chi connectivity index (χ1v) is 6.55. The lowest BCUT2D eigenvalue weighted by atomic mass is 10.2. The van der Waals surface area contributed by atoms with Gasteiger partial charge in [0.25, 0.3) is 0 Å². The molecule has 1 amide bonds. The highest BCUT2D eigenvalue weighted by molar-refractivity contribution is 5.96. The quantitative estimate of drug-likeness (QED) is 0.884. The summed E-state index contributed by atoms with van der Waals surface area (Å²) < 4.78 is 6.79. The van der Waals surface area contributed by atoms with Crippen LogP contribution < -0.4 is 11.1 Å². The molecule has 1 unspecified atom stereocenters. The zero-order chi connectivity index (χ0) is 14.7. The third kappa shape index (κ3) is 3.93. The van der Waals surface area contributed by atoms with Crippen LogP contribution in [0.5, 0.6) is 0 Å². The highest BCUT2D eigenvalue weighted by Gasteiger charge is 2.14. The number of methoxy groups -OCH3 is 1. The minimum absolute atomic E-state index is 0. The topological polar surface area (TPSA) is 82.2 Å². The number of ether oxygens (including phenoxy) is 1. The van der Waals surface area contributed by atoms with Crippen LogP contribution in [0.4, 0.5) is 5.69 Å². The lowest BCUT2D eigenvalue weighted by Crippen LogP contribution is -2.39. The molecule has 21 heavy (non-hydrogen) atoms. The largest absolute Gasteiger partial charge is 0.383 e. The summed E-state index contributed by atoms with van der Waals surface area (Å²) in [5, 5.41) is 8.17. The maximum Gasteiger partial charge on any atom is 0.243 e. The van der Waals surface area contributed by atoms with Gasteiger partial charge in [-0.3, -0.25) is 9.48 Å². The number of hydrogen-bond donors (Lipinski definition) is 2. The van der Waals surface area contributed by atoms with E-state index in [1.807, 2.05) is 29.1 Å². The van der Waals surface area contributed by atoms with Crippen molar-refractivity contribution >= 4 is 34.9 Å². The number of halogens is 1. The Labute approximate surface area is 130 Å². The molecular weight excluding hydrogens is 292 g/mol. The summed E-state index contributed by atoms with van der Waals surface area (Å²) >= 11 is 0. The highest BCUT2D eigenvalue weighted by Crippen LogP contribution is 2.21. The zero-order valence-electron chi connectivity index (χ0n) is 12.4. The summed E-state index contributed by atoms with van der Waals surface area (Å²) in [4.78, 5) is 11.9. The van der Waals surface area contributed by atoms with Crippen molar-refractivity contribution in [3.05, 3.63) is 24.4 Å². The third-order valence-corrected chi connectivity index (χ3v) is 3.04. The fraction of sp³-hybridized carbons (Fsp3) is 0.429. The molecule has 0 saturated carbocycles. The van der Waals surface area contributed by atoms with Crippen LogP contribution in [0.3, 0.4) is 0 Å². The fourth-order valence-electron chi connectivity index (χ4n) is 2.02. The Morgan fingerprint density at radius 3 is 2.81 bits per heavy atom. The predicted octanol–water partition coefficient (Wildman–Crippen LogP) is 1.95. The van der Waals surface area contributed by atoms with E-state index in [0.29, 0.717) is 5.69 Å². The van der Waals surface area contributed by atoms with E-state index in [1.165, 1.54) is 7.11 Å². The van der Waals surface area contributed by atoms with E-state index in [9.17, 15) is 4.79 Å². The second kappa shape index (κ2) is 7.40. The molecule has 0 bridgehead atoms. The molecule has 7 heteroatoms. The number of rotatable bonds is 5. The van der Waals surface area contributed by atoms with Crippen LogP contribution in [-0.2, 0) is 9.53 Å². The van der Waals surface area contributed by atoms with Gasteiger partial charge in [-0.1, -0.05) is 0 Å². The first-order valence-electron chi connectivity index (χ1n) is 6.55. The number of nitrogens with zero attached hydrogens (tertiary/aromatic N) is 2. The average Bonchev–Trinajstić information content (AvgIpc) is 2.82. The molecule has 0 radical (unpaired) electrons. The first-order chi connectivity index (χ1) is 9.52. The molecule has 0 fully saturated rings. The number of nitrogens with one attached hydrogen (secondary N) is 1. The summed E-state index contributed by atoms with van der Waals surface area (Å²) in [5.74, 6) is -0.262. The molecule has 0 aliphatic rings.